The molecule has 11 rings (SSSR count). The molecule has 0 amide bonds. The van der Waals surface area contributed by atoms with Crippen LogP contribution in [0.5, 0.6) is 0 Å². The Morgan fingerprint density at radius 3 is 2.15 bits per heavy atom. The summed E-state index contributed by atoms with van der Waals surface area (Å²) in [6.07, 6.45) is 0. The SMILES string of the molecule is [2H]c1cc(-c2nc(-c3cc4ccccc4c4ccccc34)nc(-c3c([2H])ccc4oc5ccc(-c6cccc7c6sc6ccccc67)cc5c34)n2)c([2H])c([2H])c1[2H]. The standard InChI is InChI=1S/C47H27N3OS/c1-2-12-28(13-3-1)45-48-46(50-47(49-45)38-26-29-14-4-5-15-31(29)33-16-6-7-17-34(33)38)37-21-11-22-41-43(37)39-27-30(24-25-40(39)51-41)32-19-10-20-36-35-18-8-9-23-42(35)52-44(32)36/h1-27H/i1D,2D,3D,12D,21D. The molecule has 0 spiro atoms. The molecule has 52 heavy (non-hydrogen) atoms. The van der Waals surface area contributed by atoms with Crippen molar-refractivity contribution in [3.05, 3.63) is 164 Å². The number of furan rings is 1. The minimum absolute atomic E-state index is 0.0700. The minimum Gasteiger partial charge on any atom is -0.456 e. The van der Waals surface area contributed by atoms with Crippen LogP contribution in [0, 0.1) is 0 Å². The summed E-state index contributed by atoms with van der Waals surface area (Å²) >= 11 is 1.77. The molecule has 8 aromatic carbocycles. The van der Waals surface area contributed by atoms with Crippen LogP contribution in [0.15, 0.2) is 168 Å². The average Bonchev–Trinajstić information content (AvgIpc) is 3.82. The highest BCUT2D eigenvalue weighted by molar-refractivity contribution is 7.26. The summed E-state index contributed by atoms with van der Waals surface area (Å²) in [6.45, 7) is 0. The second-order valence-electron chi connectivity index (χ2n) is 12.8. The summed E-state index contributed by atoms with van der Waals surface area (Å²) in [6, 6.07) is 43.0. The summed E-state index contributed by atoms with van der Waals surface area (Å²) in [5.41, 5.74) is 4.60. The van der Waals surface area contributed by atoms with E-state index in [-0.39, 0.29) is 47.4 Å². The van der Waals surface area contributed by atoms with Gasteiger partial charge in [0.2, 0.25) is 0 Å². The highest BCUT2D eigenvalue weighted by Crippen LogP contribution is 2.43. The molecular formula is C47H27N3OS. The van der Waals surface area contributed by atoms with Gasteiger partial charge in [-0.2, -0.15) is 0 Å². The molecule has 0 aliphatic heterocycles. The molecule has 0 saturated carbocycles. The van der Waals surface area contributed by atoms with Crippen molar-refractivity contribution < 1.29 is 11.3 Å². The number of aromatic nitrogens is 3. The molecule has 242 valence electrons. The van der Waals surface area contributed by atoms with Crippen molar-refractivity contribution in [1.29, 1.82) is 0 Å². The Hall–Kier alpha value is -6.69. The van der Waals surface area contributed by atoms with Gasteiger partial charge < -0.3 is 4.42 Å². The fraction of sp³-hybridized carbons (Fsp3) is 0. The summed E-state index contributed by atoms with van der Waals surface area (Å²) in [7, 11) is 0. The van der Waals surface area contributed by atoms with Gasteiger partial charge in [-0.05, 0) is 63.0 Å². The van der Waals surface area contributed by atoms with Gasteiger partial charge in [0, 0.05) is 47.6 Å². The lowest BCUT2D eigenvalue weighted by Gasteiger charge is -2.13. The van der Waals surface area contributed by atoms with Gasteiger partial charge in [-0.25, -0.2) is 15.0 Å². The lowest BCUT2D eigenvalue weighted by Crippen LogP contribution is -2.01. The fourth-order valence-electron chi connectivity index (χ4n) is 7.45. The highest BCUT2D eigenvalue weighted by atomic mass is 32.1. The number of hydrogen-bond acceptors (Lipinski definition) is 5. The lowest BCUT2D eigenvalue weighted by molar-refractivity contribution is 0.669. The fourth-order valence-corrected chi connectivity index (χ4v) is 8.69. The third kappa shape index (κ3) is 4.50. The van der Waals surface area contributed by atoms with Crippen LogP contribution < -0.4 is 0 Å². The van der Waals surface area contributed by atoms with Crippen molar-refractivity contribution in [3.63, 3.8) is 0 Å². The first kappa shape index (κ1) is 24.5. The number of fused-ring (bicyclic) bond motifs is 9. The Bertz CT molecular complexity index is 3500. The van der Waals surface area contributed by atoms with Crippen LogP contribution in [-0.2, 0) is 0 Å². The molecule has 0 aliphatic rings. The van der Waals surface area contributed by atoms with E-state index < -0.39 is 0 Å². The first-order chi connectivity index (χ1) is 27.8. The van der Waals surface area contributed by atoms with E-state index in [9.17, 15) is 1.37 Å². The summed E-state index contributed by atoms with van der Waals surface area (Å²) < 4.78 is 52.2. The summed E-state index contributed by atoms with van der Waals surface area (Å²) in [4.78, 5) is 15.0. The van der Waals surface area contributed by atoms with Gasteiger partial charge in [0.25, 0.3) is 0 Å². The van der Waals surface area contributed by atoms with Crippen molar-refractivity contribution in [3.8, 4) is 45.3 Å². The molecule has 0 unspecified atom stereocenters. The zero-order valence-corrected chi connectivity index (χ0v) is 28.2. The number of nitrogens with zero attached hydrogens (tertiary/aromatic N) is 3. The van der Waals surface area contributed by atoms with E-state index in [0.717, 1.165) is 43.6 Å². The zero-order valence-electron chi connectivity index (χ0n) is 32.4. The van der Waals surface area contributed by atoms with Gasteiger partial charge in [-0.3, -0.25) is 0 Å². The Morgan fingerprint density at radius 2 is 1.23 bits per heavy atom. The molecule has 0 aliphatic carbocycles. The number of thiophene rings is 1. The molecule has 0 fully saturated rings. The number of rotatable bonds is 4. The van der Waals surface area contributed by atoms with Crippen LogP contribution in [0.1, 0.15) is 6.85 Å². The van der Waals surface area contributed by atoms with Crippen LogP contribution >= 0.6 is 11.3 Å². The maximum Gasteiger partial charge on any atom is 0.164 e. The zero-order chi connectivity index (χ0) is 38.5. The van der Waals surface area contributed by atoms with E-state index >= 15 is 0 Å². The molecule has 11 aromatic rings. The van der Waals surface area contributed by atoms with Gasteiger partial charge in [-0.15, -0.1) is 11.3 Å². The van der Waals surface area contributed by atoms with Crippen molar-refractivity contribution in [2.45, 2.75) is 0 Å². The van der Waals surface area contributed by atoms with E-state index in [2.05, 4.69) is 66.7 Å². The molecule has 5 heteroatoms. The third-order valence-corrected chi connectivity index (χ3v) is 11.0. The van der Waals surface area contributed by atoms with Gasteiger partial charge in [0.15, 0.2) is 17.5 Å². The third-order valence-electron chi connectivity index (χ3n) is 9.80. The van der Waals surface area contributed by atoms with Crippen LogP contribution in [0.2, 0.25) is 0 Å². The van der Waals surface area contributed by atoms with Crippen LogP contribution in [-0.4, -0.2) is 15.0 Å². The second kappa shape index (κ2) is 11.4. The molecule has 4 nitrogen and oxygen atoms in total. The summed E-state index contributed by atoms with van der Waals surface area (Å²) in [5.74, 6) is 0.571. The topological polar surface area (TPSA) is 51.8 Å². The predicted octanol–water partition coefficient (Wildman–Crippen LogP) is 13.1. The number of hydrogen-bond donors (Lipinski definition) is 0. The normalized spacial score (nSPS) is 13.2. The highest BCUT2D eigenvalue weighted by Gasteiger charge is 2.20. The average molecular weight is 687 g/mol. The molecule has 0 saturated heterocycles. The number of benzene rings is 8. The van der Waals surface area contributed by atoms with Crippen molar-refractivity contribution in [2.24, 2.45) is 0 Å². The van der Waals surface area contributed by atoms with Crippen molar-refractivity contribution in [1.82, 2.24) is 15.0 Å². The largest absolute Gasteiger partial charge is 0.456 e. The molecule has 3 heterocycles. The van der Waals surface area contributed by atoms with Crippen LogP contribution in [0.25, 0.3) is 109 Å². The van der Waals surface area contributed by atoms with Gasteiger partial charge in [0.05, 0.1) is 6.85 Å². The first-order valence-corrected chi connectivity index (χ1v) is 17.8. The molecule has 0 radical (unpaired) electrons. The van der Waals surface area contributed by atoms with E-state index in [1.807, 2.05) is 48.5 Å². The first-order valence-electron chi connectivity index (χ1n) is 19.4. The maximum atomic E-state index is 9.36. The molecule has 0 atom stereocenters. The molecule has 0 bridgehead atoms. The minimum atomic E-state index is -0.387. The van der Waals surface area contributed by atoms with Gasteiger partial charge >= 0.3 is 0 Å². The Morgan fingerprint density at radius 1 is 0.462 bits per heavy atom. The molecule has 3 aromatic heterocycles. The van der Waals surface area contributed by atoms with E-state index in [1.165, 1.54) is 26.2 Å². The van der Waals surface area contributed by atoms with Gasteiger partial charge in [0.1, 0.15) is 11.2 Å². The molecular weight excluding hydrogens is 655 g/mol. The van der Waals surface area contributed by atoms with Crippen LogP contribution in [0.3, 0.4) is 0 Å². The quantitative estimate of drug-likeness (QED) is 0.173. The second-order valence-corrected chi connectivity index (χ2v) is 13.8. The van der Waals surface area contributed by atoms with Crippen LogP contribution in [0.4, 0.5) is 0 Å². The van der Waals surface area contributed by atoms with E-state index in [0.29, 0.717) is 27.9 Å². The summed E-state index contributed by atoms with van der Waals surface area (Å²) in [5, 5.41) is 7.88. The van der Waals surface area contributed by atoms with E-state index in [4.69, 9.17) is 24.9 Å². The maximum absolute atomic E-state index is 9.36. The Balaban J connectivity index is 1.20. The smallest absolute Gasteiger partial charge is 0.164 e. The Labute approximate surface area is 309 Å². The Kier molecular flexibility index (Phi) is 5.37. The molecule has 0 N–H and O–H groups in total. The van der Waals surface area contributed by atoms with E-state index in [1.54, 1.807) is 23.5 Å². The monoisotopic (exact) mass is 686 g/mol. The lowest BCUT2D eigenvalue weighted by atomic mass is 9.96. The predicted molar refractivity (Wildman–Crippen MR) is 217 cm³/mol. The van der Waals surface area contributed by atoms with Crippen molar-refractivity contribution >= 4 is 75.0 Å². The van der Waals surface area contributed by atoms with Gasteiger partial charge in [-0.1, -0.05) is 133 Å². The van der Waals surface area contributed by atoms with Crippen molar-refractivity contribution in [2.75, 3.05) is 0 Å².